The molecule has 0 aliphatic heterocycles. The van der Waals surface area contributed by atoms with Crippen LogP contribution in [0.15, 0.2) is 132 Å². The fourth-order valence-electron chi connectivity index (χ4n) is 4.81. The lowest BCUT2D eigenvalue weighted by molar-refractivity contribution is 0.670. The predicted molar refractivity (Wildman–Crippen MR) is 149 cm³/mol. The summed E-state index contributed by atoms with van der Waals surface area (Å²) in [5.41, 5.74) is 6.64. The number of para-hydroxylation sites is 1. The summed E-state index contributed by atoms with van der Waals surface area (Å²) >= 11 is 0. The maximum absolute atomic E-state index is 6.46. The van der Waals surface area contributed by atoms with Crippen LogP contribution in [-0.2, 0) is 0 Å². The molecule has 0 unspecified atom stereocenters. The standard InChI is InChI=1S/C33H21N3O/c1-4-12-22(13-5-1)25-18-10-19-26-29-27(20-11-21-28(29)37-30(25)26)33-35-31(23-14-6-2-7-15-23)34-32(36-33)24-16-8-3-9-17-24/h1-21H. The van der Waals surface area contributed by atoms with Gasteiger partial charge in [0.2, 0.25) is 0 Å². The number of fused-ring (bicyclic) bond motifs is 3. The summed E-state index contributed by atoms with van der Waals surface area (Å²) in [6, 6.07) is 42.7. The lowest BCUT2D eigenvalue weighted by Crippen LogP contribution is -2.00. The zero-order valence-electron chi connectivity index (χ0n) is 19.9. The molecule has 0 radical (unpaired) electrons. The van der Waals surface area contributed by atoms with E-state index in [0.717, 1.165) is 49.8 Å². The van der Waals surface area contributed by atoms with Crippen LogP contribution in [0, 0.1) is 0 Å². The van der Waals surface area contributed by atoms with Gasteiger partial charge in [-0.25, -0.2) is 15.0 Å². The van der Waals surface area contributed by atoms with E-state index in [1.165, 1.54) is 0 Å². The number of aromatic nitrogens is 3. The van der Waals surface area contributed by atoms with E-state index >= 15 is 0 Å². The van der Waals surface area contributed by atoms with Crippen LogP contribution in [0.2, 0.25) is 0 Å². The molecular weight excluding hydrogens is 454 g/mol. The van der Waals surface area contributed by atoms with Crippen molar-refractivity contribution in [2.75, 3.05) is 0 Å². The van der Waals surface area contributed by atoms with Crippen LogP contribution in [0.4, 0.5) is 0 Å². The smallest absolute Gasteiger partial charge is 0.164 e. The van der Waals surface area contributed by atoms with Crippen molar-refractivity contribution in [3.05, 3.63) is 127 Å². The normalized spacial score (nSPS) is 11.2. The second-order valence-electron chi connectivity index (χ2n) is 8.87. The Hall–Kier alpha value is -5.09. The fraction of sp³-hybridized carbons (Fsp3) is 0. The Labute approximate surface area is 213 Å². The monoisotopic (exact) mass is 475 g/mol. The first kappa shape index (κ1) is 21.2. The maximum atomic E-state index is 6.46. The second-order valence-corrected chi connectivity index (χ2v) is 8.87. The summed E-state index contributed by atoms with van der Waals surface area (Å²) in [5.74, 6) is 1.89. The van der Waals surface area contributed by atoms with Crippen molar-refractivity contribution in [3.63, 3.8) is 0 Å². The van der Waals surface area contributed by atoms with E-state index in [2.05, 4.69) is 36.4 Å². The van der Waals surface area contributed by atoms with Crippen molar-refractivity contribution in [1.29, 1.82) is 0 Å². The highest BCUT2D eigenvalue weighted by Gasteiger charge is 2.19. The van der Waals surface area contributed by atoms with E-state index in [1.54, 1.807) is 0 Å². The van der Waals surface area contributed by atoms with Gasteiger partial charge in [0.15, 0.2) is 17.5 Å². The zero-order chi connectivity index (χ0) is 24.6. The van der Waals surface area contributed by atoms with Gasteiger partial charge in [0, 0.05) is 33.0 Å². The largest absolute Gasteiger partial charge is 0.455 e. The van der Waals surface area contributed by atoms with Gasteiger partial charge >= 0.3 is 0 Å². The van der Waals surface area contributed by atoms with E-state index in [9.17, 15) is 0 Å². The number of nitrogens with zero attached hydrogens (tertiary/aromatic N) is 3. The molecule has 0 aliphatic carbocycles. The Kier molecular flexibility index (Phi) is 5.07. The molecule has 4 nitrogen and oxygen atoms in total. The van der Waals surface area contributed by atoms with E-state index in [0.29, 0.717) is 17.5 Å². The van der Waals surface area contributed by atoms with Crippen LogP contribution >= 0.6 is 0 Å². The van der Waals surface area contributed by atoms with Crippen molar-refractivity contribution in [3.8, 4) is 45.3 Å². The first-order chi connectivity index (χ1) is 18.3. The molecular formula is C33H21N3O. The second kappa shape index (κ2) is 8.85. The molecule has 7 aromatic rings. The molecule has 174 valence electrons. The average molecular weight is 476 g/mol. The lowest BCUT2D eigenvalue weighted by atomic mass is 10.0. The van der Waals surface area contributed by atoms with Crippen LogP contribution in [0.25, 0.3) is 67.2 Å². The summed E-state index contributed by atoms with van der Waals surface area (Å²) < 4.78 is 6.46. The van der Waals surface area contributed by atoms with Crippen LogP contribution in [0.5, 0.6) is 0 Å². The van der Waals surface area contributed by atoms with E-state index in [-0.39, 0.29) is 0 Å². The highest BCUT2D eigenvalue weighted by Crippen LogP contribution is 2.40. The molecule has 0 N–H and O–H groups in total. The van der Waals surface area contributed by atoms with Crippen molar-refractivity contribution >= 4 is 21.9 Å². The highest BCUT2D eigenvalue weighted by molar-refractivity contribution is 6.14. The zero-order valence-corrected chi connectivity index (χ0v) is 19.9. The molecule has 2 heterocycles. The topological polar surface area (TPSA) is 51.8 Å². The minimum absolute atomic E-state index is 0.617. The molecule has 7 rings (SSSR count). The van der Waals surface area contributed by atoms with E-state index in [1.807, 2.05) is 91.0 Å². The molecule has 2 aromatic heterocycles. The quantitative estimate of drug-likeness (QED) is 0.256. The summed E-state index contributed by atoms with van der Waals surface area (Å²) in [6.45, 7) is 0. The van der Waals surface area contributed by atoms with Gasteiger partial charge in [0.05, 0.1) is 0 Å². The molecule has 0 saturated carbocycles. The molecule has 0 spiro atoms. The third kappa shape index (κ3) is 3.76. The summed E-state index contributed by atoms with van der Waals surface area (Å²) in [4.78, 5) is 14.7. The van der Waals surface area contributed by atoms with Gasteiger partial charge in [0.25, 0.3) is 0 Å². The molecule has 0 aliphatic rings. The van der Waals surface area contributed by atoms with Crippen molar-refractivity contribution < 1.29 is 4.42 Å². The third-order valence-corrected chi connectivity index (χ3v) is 6.55. The molecule has 37 heavy (non-hydrogen) atoms. The number of hydrogen-bond donors (Lipinski definition) is 0. The molecule has 0 saturated heterocycles. The van der Waals surface area contributed by atoms with E-state index < -0.39 is 0 Å². The SMILES string of the molecule is c1ccc(-c2nc(-c3ccccc3)nc(-c3cccc4oc5c(-c6ccccc6)cccc5c34)n2)cc1. The minimum Gasteiger partial charge on any atom is -0.455 e. The molecule has 4 heteroatoms. The van der Waals surface area contributed by atoms with E-state index in [4.69, 9.17) is 19.4 Å². The van der Waals surface area contributed by atoms with Gasteiger partial charge in [-0.15, -0.1) is 0 Å². The highest BCUT2D eigenvalue weighted by atomic mass is 16.3. The van der Waals surface area contributed by atoms with Crippen molar-refractivity contribution in [2.24, 2.45) is 0 Å². The average Bonchev–Trinajstić information content (AvgIpc) is 3.37. The Morgan fingerprint density at radius 2 is 0.919 bits per heavy atom. The number of benzene rings is 5. The van der Waals surface area contributed by atoms with Gasteiger partial charge in [-0.1, -0.05) is 121 Å². The maximum Gasteiger partial charge on any atom is 0.164 e. The molecule has 0 atom stereocenters. The first-order valence-corrected chi connectivity index (χ1v) is 12.2. The van der Waals surface area contributed by atoms with Crippen molar-refractivity contribution in [1.82, 2.24) is 15.0 Å². The van der Waals surface area contributed by atoms with Crippen LogP contribution in [0.1, 0.15) is 0 Å². The number of furan rings is 1. The Morgan fingerprint density at radius 1 is 0.405 bits per heavy atom. The molecule has 0 bridgehead atoms. The Bertz CT molecular complexity index is 1800. The summed E-state index contributed by atoms with van der Waals surface area (Å²) in [6.07, 6.45) is 0. The summed E-state index contributed by atoms with van der Waals surface area (Å²) in [5, 5.41) is 2.04. The van der Waals surface area contributed by atoms with Gasteiger partial charge in [-0.2, -0.15) is 0 Å². The predicted octanol–water partition coefficient (Wildman–Crippen LogP) is 8.44. The van der Waals surface area contributed by atoms with Gasteiger partial charge in [-0.05, 0) is 11.6 Å². The van der Waals surface area contributed by atoms with Crippen molar-refractivity contribution in [2.45, 2.75) is 0 Å². The number of rotatable bonds is 4. The molecule has 0 fully saturated rings. The summed E-state index contributed by atoms with van der Waals surface area (Å²) in [7, 11) is 0. The van der Waals surface area contributed by atoms with Gasteiger partial charge < -0.3 is 4.42 Å². The molecule has 5 aromatic carbocycles. The van der Waals surface area contributed by atoms with Gasteiger partial charge in [0.1, 0.15) is 11.2 Å². The van der Waals surface area contributed by atoms with Crippen LogP contribution < -0.4 is 0 Å². The third-order valence-electron chi connectivity index (χ3n) is 6.55. The first-order valence-electron chi connectivity index (χ1n) is 12.2. The lowest BCUT2D eigenvalue weighted by Gasteiger charge is -2.09. The number of hydrogen-bond acceptors (Lipinski definition) is 4. The minimum atomic E-state index is 0.617. The Morgan fingerprint density at radius 3 is 1.54 bits per heavy atom. The van der Waals surface area contributed by atoms with Crippen LogP contribution in [0.3, 0.4) is 0 Å². The molecule has 0 amide bonds. The van der Waals surface area contributed by atoms with Crippen LogP contribution in [-0.4, -0.2) is 15.0 Å². The van der Waals surface area contributed by atoms with Gasteiger partial charge in [-0.3, -0.25) is 0 Å². The Balaban J connectivity index is 1.50. The fourth-order valence-corrected chi connectivity index (χ4v) is 4.81.